The average molecular weight is 333 g/mol. The summed E-state index contributed by atoms with van der Waals surface area (Å²) < 4.78 is 5.61. The molecular weight excluding hydrogens is 325 g/mol. The Morgan fingerprint density at radius 3 is 2.87 bits per heavy atom. The van der Waals surface area contributed by atoms with Crippen molar-refractivity contribution >= 4 is 41.2 Å². The fraction of sp³-hybridized carbons (Fsp3) is 0.200. The summed E-state index contributed by atoms with van der Waals surface area (Å²) >= 11 is 6.20. The molecule has 1 rings (SSSR count). The van der Waals surface area contributed by atoms with Gasteiger partial charge in [-0.3, -0.25) is 0 Å². The van der Waals surface area contributed by atoms with Crippen LogP contribution in [0, 0.1) is 14.9 Å². The normalized spacial score (nSPS) is 9.47. The molecule has 0 unspecified atom stereocenters. The molecule has 1 aromatic carbocycles. The second kappa shape index (κ2) is 5.37. The number of hydrogen-bond acceptors (Lipinski definition) is 4. The van der Waals surface area contributed by atoms with Crippen molar-refractivity contribution in [2.45, 2.75) is 11.8 Å². The zero-order valence-electron chi connectivity index (χ0n) is 7.95. The molecule has 1 aromatic rings. The largest absolute Gasteiger partial charge is 0.462 e. The van der Waals surface area contributed by atoms with E-state index in [0.29, 0.717) is 22.6 Å². The van der Waals surface area contributed by atoms with E-state index in [1.807, 2.05) is 28.7 Å². The molecule has 0 bridgehead atoms. The number of rotatable bonds is 2. The van der Waals surface area contributed by atoms with Crippen LogP contribution in [-0.4, -0.2) is 12.6 Å². The monoisotopic (exact) mass is 333 g/mol. The highest BCUT2D eigenvalue weighted by Gasteiger charge is 2.12. The predicted octanol–water partition coefficient (Wildman–Crippen LogP) is 2.63. The maximum Gasteiger partial charge on any atom is 0.338 e. The molecule has 0 atom stereocenters. The SMILES string of the molecule is CCOC(=O)c1cc(I)c(S)c(C#N)c1. The highest BCUT2D eigenvalue weighted by atomic mass is 127. The summed E-state index contributed by atoms with van der Waals surface area (Å²) in [5.41, 5.74) is 0.767. The van der Waals surface area contributed by atoms with Gasteiger partial charge < -0.3 is 4.74 Å². The van der Waals surface area contributed by atoms with Gasteiger partial charge in [0.05, 0.1) is 17.7 Å². The van der Waals surface area contributed by atoms with Gasteiger partial charge in [0, 0.05) is 8.47 Å². The van der Waals surface area contributed by atoms with Gasteiger partial charge in [-0.2, -0.15) is 5.26 Å². The molecule has 0 heterocycles. The summed E-state index contributed by atoms with van der Waals surface area (Å²) in [7, 11) is 0. The topological polar surface area (TPSA) is 50.1 Å². The van der Waals surface area contributed by atoms with Crippen LogP contribution >= 0.6 is 35.2 Å². The van der Waals surface area contributed by atoms with Crippen LogP contribution in [0.4, 0.5) is 0 Å². The first-order valence-corrected chi connectivity index (χ1v) is 5.72. The Balaban J connectivity index is 3.18. The van der Waals surface area contributed by atoms with Crippen LogP contribution in [0.25, 0.3) is 0 Å². The highest BCUT2D eigenvalue weighted by Crippen LogP contribution is 2.23. The molecule has 0 radical (unpaired) electrons. The van der Waals surface area contributed by atoms with Crippen molar-refractivity contribution in [1.82, 2.24) is 0 Å². The maximum absolute atomic E-state index is 11.4. The van der Waals surface area contributed by atoms with Gasteiger partial charge in [0.25, 0.3) is 0 Å². The van der Waals surface area contributed by atoms with Crippen LogP contribution in [0.5, 0.6) is 0 Å². The number of nitrogens with zero attached hydrogens (tertiary/aromatic N) is 1. The van der Waals surface area contributed by atoms with Gasteiger partial charge >= 0.3 is 5.97 Å². The number of hydrogen-bond donors (Lipinski definition) is 1. The number of ether oxygens (including phenoxy) is 1. The first kappa shape index (κ1) is 12.3. The van der Waals surface area contributed by atoms with Crippen LogP contribution < -0.4 is 0 Å². The summed E-state index contributed by atoms with van der Waals surface area (Å²) in [6.07, 6.45) is 0. The third kappa shape index (κ3) is 2.86. The fourth-order valence-corrected chi connectivity index (χ4v) is 1.82. The van der Waals surface area contributed by atoms with Crippen molar-refractivity contribution in [3.05, 3.63) is 26.8 Å². The van der Waals surface area contributed by atoms with E-state index in [9.17, 15) is 4.79 Å². The standard InChI is InChI=1S/C10H8INO2S/c1-2-14-10(13)6-3-7(5-12)9(15)8(11)4-6/h3-4,15H,2H2,1H3. The number of thiol groups is 1. The minimum absolute atomic E-state index is 0.319. The number of esters is 1. The molecule has 0 amide bonds. The molecule has 0 fully saturated rings. The Kier molecular flexibility index (Phi) is 4.42. The van der Waals surface area contributed by atoms with Gasteiger partial charge in [-0.1, -0.05) is 0 Å². The molecule has 0 aliphatic carbocycles. The number of halogens is 1. The van der Waals surface area contributed by atoms with Crippen LogP contribution in [-0.2, 0) is 4.74 Å². The Bertz CT molecular complexity index is 440. The molecule has 0 saturated carbocycles. The lowest BCUT2D eigenvalue weighted by atomic mass is 10.1. The van der Waals surface area contributed by atoms with Gasteiger partial charge in [-0.05, 0) is 41.6 Å². The molecule has 78 valence electrons. The summed E-state index contributed by atoms with van der Waals surface area (Å²) in [6, 6.07) is 5.13. The van der Waals surface area contributed by atoms with Crippen LogP contribution in [0.2, 0.25) is 0 Å². The Hall–Kier alpha value is -0.740. The van der Waals surface area contributed by atoms with E-state index < -0.39 is 5.97 Å². The summed E-state index contributed by atoms with van der Waals surface area (Å²) in [4.78, 5) is 12.0. The van der Waals surface area contributed by atoms with E-state index in [4.69, 9.17) is 10.00 Å². The summed E-state index contributed by atoms with van der Waals surface area (Å²) in [5, 5.41) is 8.82. The second-order valence-corrected chi connectivity index (χ2v) is 4.30. The molecule has 0 aromatic heterocycles. The van der Waals surface area contributed by atoms with Crippen molar-refractivity contribution in [2.75, 3.05) is 6.61 Å². The molecule has 0 saturated heterocycles. The van der Waals surface area contributed by atoms with Gasteiger partial charge in [0.15, 0.2) is 0 Å². The quantitative estimate of drug-likeness (QED) is 0.514. The van der Waals surface area contributed by atoms with Gasteiger partial charge in [0.2, 0.25) is 0 Å². The molecule has 0 aliphatic heterocycles. The molecule has 3 nitrogen and oxygen atoms in total. The van der Waals surface area contributed by atoms with Gasteiger partial charge in [0.1, 0.15) is 6.07 Å². The van der Waals surface area contributed by atoms with E-state index in [1.165, 1.54) is 6.07 Å². The predicted molar refractivity (Wildman–Crippen MR) is 67.1 cm³/mol. The lowest BCUT2D eigenvalue weighted by Crippen LogP contribution is -2.05. The lowest BCUT2D eigenvalue weighted by molar-refractivity contribution is 0.0526. The lowest BCUT2D eigenvalue weighted by Gasteiger charge is -2.05. The van der Waals surface area contributed by atoms with Crippen molar-refractivity contribution < 1.29 is 9.53 Å². The summed E-state index contributed by atoms with van der Waals surface area (Å²) in [5.74, 6) is -0.416. The fourth-order valence-electron chi connectivity index (χ4n) is 1.02. The molecular formula is C10H8INO2S. The van der Waals surface area contributed by atoms with E-state index in [-0.39, 0.29) is 0 Å². The Morgan fingerprint density at radius 1 is 1.67 bits per heavy atom. The third-order valence-electron chi connectivity index (χ3n) is 1.69. The first-order valence-electron chi connectivity index (χ1n) is 4.19. The zero-order chi connectivity index (χ0) is 11.4. The second-order valence-electron chi connectivity index (χ2n) is 2.69. The summed E-state index contributed by atoms with van der Waals surface area (Å²) in [6.45, 7) is 2.06. The molecule has 5 heteroatoms. The zero-order valence-corrected chi connectivity index (χ0v) is 11.0. The molecule has 15 heavy (non-hydrogen) atoms. The van der Waals surface area contributed by atoms with Crippen LogP contribution in [0.15, 0.2) is 17.0 Å². The molecule has 0 aliphatic rings. The van der Waals surface area contributed by atoms with E-state index in [0.717, 1.165) is 3.57 Å². The number of benzene rings is 1. The Morgan fingerprint density at radius 2 is 2.33 bits per heavy atom. The van der Waals surface area contributed by atoms with Crippen LogP contribution in [0.1, 0.15) is 22.8 Å². The average Bonchev–Trinajstić information content (AvgIpc) is 2.22. The van der Waals surface area contributed by atoms with E-state index >= 15 is 0 Å². The van der Waals surface area contributed by atoms with Crippen molar-refractivity contribution in [1.29, 1.82) is 5.26 Å². The number of carbonyl (C=O) groups excluding carboxylic acids is 1. The van der Waals surface area contributed by atoms with E-state index in [1.54, 1.807) is 13.0 Å². The minimum atomic E-state index is -0.416. The molecule has 0 spiro atoms. The smallest absolute Gasteiger partial charge is 0.338 e. The third-order valence-corrected chi connectivity index (χ3v) is 3.45. The minimum Gasteiger partial charge on any atom is -0.462 e. The number of carbonyl (C=O) groups is 1. The number of nitriles is 1. The maximum atomic E-state index is 11.4. The highest BCUT2D eigenvalue weighted by molar-refractivity contribution is 14.1. The van der Waals surface area contributed by atoms with E-state index in [2.05, 4.69) is 12.6 Å². The van der Waals surface area contributed by atoms with Gasteiger partial charge in [-0.25, -0.2) is 4.79 Å². The van der Waals surface area contributed by atoms with Crippen molar-refractivity contribution in [3.63, 3.8) is 0 Å². The van der Waals surface area contributed by atoms with Gasteiger partial charge in [-0.15, -0.1) is 12.6 Å². The first-order chi connectivity index (χ1) is 7.10. The Labute approximate surface area is 107 Å². The molecule has 0 N–H and O–H groups in total. The van der Waals surface area contributed by atoms with Crippen molar-refractivity contribution in [2.24, 2.45) is 0 Å². The van der Waals surface area contributed by atoms with Crippen molar-refractivity contribution in [3.8, 4) is 6.07 Å². The van der Waals surface area contributed by atoms with Crippen LogP contribution in [0.3, 0.4) is 0 Å².